The summed E-state index contributed by atoms with van der Waals surface area (Å²) in [4.78, 5) is 0. The van der Waals surface area contributed by atoms with E-state index in [0.717, 1.165) is 12.0 Å². The number of nitrogens with one attached hydrogen (secondary N) is 1. The van der Waals surface area contributed by atoms with Crippen molar-refractivity contribution in [2.75, 3.05) is 20.8 Å². The monoisotopic (exact) mass is 319 g/mol. The highest BCUT2D eigenvalue weighted by atomic mass is 31.2. The molecule has 2 rings (SSSR count). The van der Waals surface area contributed by atoms with Crippen molar-refractivity contribution in [1.82, 2.24) is 5.32 Å². The van der Waals surface area contributed by atoms with Crippen LogP contribution < -0.4 is 5.32 Å². The third-order valence-electron chi connectivity index (χ3n) is 3.53. The lowest BCUT2D eigenvalue weighted by atomic mass is 10.1. The van der Waals surface area contributed by atoms with Crippen LogP contribution in [0.15, 0.2) is 60.7 Å². The fourth-order valence-corrected chi connectivity index (χ4v) is 3.79. The number of hydrogen-bond donors (Lipinski definition) is 1. The second-order valence-electron chi connectivity index (χ2n) is 4.91. The quantitative estimate of drug-likeness (QED) is 0.747. The largest absolute Gasteiger partial charge is 0.351 e. The summed E-state index contributed by atoms with van der Waals surface area (Å²) < 4.78 is 23.1. The van der Waals surface area contributed by atoms with E-state index in [1.165, 1.54) is 19.8 Å². The Kier molecular flexibility index (Phi) is 6.34. The van der Waals surface area contributed by atoms with Crippen molar-refractivity contribution in [2.24, 2.45) is 0 Å². The van der Waals surface area contributed by atoms with E-state index in [0.29, 0.717) is 6.54 Å². The van der Waals surface area contributed by atoms with Crippen LogP contribution in [0.4, 0.5) is 0 Å². The molecule has 2 aromatic rings. The van der Waals surface area contributed by atoms with Crippen molar-refractivity contribution in [3.8, 4) is 0 Å². The Morgan fingerprint density at radius 2 is 1.50 bits per heavy atom. The highest BCUT2D eigenvalue weighted by Crippen LogP contribution is 2.58. The molecule has 0 aromatic heterocycles. The van der Waals surface area contributed by atoms with Crippen LogP contribution in [0.5, 0.6) is 0 Å². The minimum Gasteiger partial charge on any atom is -0.311 e. The molecule has 4 nitrogen and oxygen atoms in total. The average molecular weight is 319 g/mol. The predicted molar refractivity (Wildman–Crippen MR) is 89.0 cm³/mol. The summed E-state index contributed by atoms with van der Waals surface area (Å²) in [5, 5.41) is 3.31. The van der Waals surface area contributed by atoms with Gasteiger partial charge in [0.15, 0.2) is 0 Å². The van der Waals surface area contributed by atoms with Crippen molar-refractivity contribution in [3.05, 3.63) is 71.8 Å². The van der Waals surface area contributed by atoms with E-state index in [2.05, 4.69) is 17.4 Å². The molecule has 2 aromatic carbocycles. The van der Waals surface area contributed by atoms with Gasteiger partial charge in [-0.25, -0.2) is 0 Å². The van der Waals surface area contributed by atoms with E-state index in [4.69, 9.17) is 9.05 Å². The third-order valence-corrected chi connectivity index (χ3v) is 5.67. The zero-order chi connectivity index (χ0) is 15.8. The lowest BCUT2D eigenvalue weighted by Crippen LogP contribution is -2.25. The van der Waals surface area contributed by atoms with Gasteiger partial charge >= 0.3 is 7.60 Å². The van der Waals surface area contributed by atoms with Gasteiger partial charge in [-0.3, -0.25) is 9.88 Å². The van der Waals surface area contributed by atoms with Gasteiger partial charge < -0.3 is 9.05 Å². The van der Waals surface area contributed by atoms with E-state index < -0.39 is 13.4 Å². The Bertz CT molecular complexity index is 596. The van der Waals surface area contributed by atoms with Gasteiger partial charge in [-0.1, -0.05) is 60.7 Å². The molecule has 0 amide bonds. The Balaban J connectivity index is 2.10. The first-order chi connectivity index (χ1) is 10.7. The van der Waals surface area contributed by atoms with Gasteiger partial charge in [-0.15, -0.1) is 0 Å². The number of rotatable bonds is 8. The SMILES string of the molecule is COP(=O)(OC)C(NCCc1ccccc1)c1ccccc1. The molecule has 0 saturated carbocycles. The zero-order valence-electron chi connectivity index (χ0n) is 12.9. The second kappa shape index (κ2) is 8.25. The molecule has 0 aliphatic heterocycles. The van der Waals surface area contributed by atoms with E-state index in [1.807, 2.05) is 48.5 Å². The molecule has 0 radical (unpaired) electrons. The molecule has 1 N–H and O–H groups in total. The van der Waals surface area contributed by atoms with Crippen molar-refractivity contribution < 1.29 is 13.6 Å². The molecular formula is C17H22NO3P. The first-order valence-corrected chi connectivity index (χ1v) is 8.84. The molecule has 22 heavy (non-hydrogen) atoms. The van der Waals surface area contributed by atoms with Crippen LogP contribution in [0.3, 0.4) is 0 Å². The Hall–Kier alpha value is -1.45. The third kappa shape index (κ3) is 4.28. The normalized spacial score (nSPS) is 13.0. The lowest BCUT2D eigenvalue weighted by molar-refractivity contribution is 0.259. The topological polar surface area (TPSA) is 47.6 Å². The molecular weight excluding hydrogens is 297 g/mol. The molecule has 0 saturated heterocycles. The summed E-state index contributed by atoms with van der Waals surface area (Å²) in [6.07, 6.45) is 0.845. The van der Waals surface area contributed by atoms with Crippen LogP contribution in [0.25, 0.3) is 0 Å². The molecule has 5 heteroatoms. The molecule has 0 bridgehead atoms. The average Bonchev–Trinajstić information content (AvgIpc) is 2.60. The standard InChI is InChI=1S/C17H22NO3P/c1-20-22(19,21-2)17(16-11-7-4-8-12-16)18-14-13-15-9-5-3-6-10-15/h3-12,17-18H,13-14H2,1-2H3. The molecule has 0 fully saturated rings. The first-order valence-electron chi connectivity index (χ1n) is 7.23. The Labute approximate surface area is 132 Å². The van der Waals surface area contributed by atoms with Crippen LogP contribution in [-0.4, -0.2) is 20.8 Å². The summed E-state index contributed by atoms with van der Waals surface area (Å²) in [5.41, 5.74) is 2.12. The highest BCUT2D eigenvalue weighted by Gasteiger charge is 2.34. The van der Waals surface area contributed by atoms with Crippen LogP contribution >= 0.6 is 7.60 Å². The van der Waals surface area contributed by atoms with Gasteiger partial charge in [-0.2, -0.15) is 0 Å². The van der Waals surface area contributed by atoms with E-state index in [-0.39, 0.29) is 0 Å². The van der Waals surface area contributed by atoms with E-state index in [9.17, 15) is 4.57 Å². The molecule has 1 atom stereocenters. The number of benzene rings is 2. The van der Waals surface area contributed by atoms with E-state index in [1.54, 1.807) is 0 Å². The minimum absolute atomic E-state index is 0.479. The van der Waals surface area contributed by atoms with Gasteiger partial charge in [0.25, 0.3) is 0 Å². The summed E-state index contributed by atoms with van der Waals surface area (Å²) in [6, 6.07) is 19.8. The van der Waals surface area contributed by atoms with Gasteiger partial charge in [0.1, 0.15) is 5.78 Å². The summed E-state index contributed by atoms with van der Waals surface area (Å²) >= 11 is 0. The Morgan fingerprint density at radius 1 is 0.955 bits per heavy atom. The maximum atomic E-state index is 12.8. The maximum absolute atomic E-state index is 12.8. The predicted octanol–water partition coefficient (Wildman–Crippen LogP) is 4.00. The van der Waals surface area contributed by atoms with E-state index >= 15 is 0 Å². The lowest BCUT2D eigenvalue weighted by Gasteiger charge is -2.25. The van der Waals surface area contributed by atoms with Crippen LogP contribution in [0, 0.1) is 0 Å². The van der Waals surface area contributed by atoms with Crippen LogP contribution in [0.2, 0.25) is 0 Å². The van der Waals surface area contributed by atoms with Crippen LogP contribution in [0.1, 0.15) is 16.9 Å². The number of hydrogen-bond acceptors (Lipinski definition) is 4. The highest BCUT2D eigenvalue weighted by molar-refractivity contribution is 7.54. The summed E-state index contributed by atoms with van der Waals surface area (Å²) in [7, 11) is -0.414. The summed E-state index contributed by atoms with van der Waals surface area (Å²) in [5.74, 6) is -0.479. The first kappa shape index (κ1) is 16.9. The van der Waals surface area contributed by atoms with Gasteiger partial charge in [0, 0.05) is 20.8 Å². The van der Waals surface area contributed by atoms with Gasteiger partial charge in [-0.05, 0) is 17.5 Å². The minimum atomic E-state index is -3.25. The fraction of sp³-hybridized carbons (Fsp3) is 0.294. The van der Waals surface area contributed by atoms with Crippen molar-refractivity contribution >= 4 is 7.60 Å². The van der Waals surface area contributed by atoms with Crippen LogP contribution in [-0.2, 0) is 20.0 Å². The maximum Gasteiger partial charge on any atom is 0.351 e. The Morgan fingerprint density at radius 3 is 2.05 bits per heavy atom. The van der Waals surface area contributed by atoms with Crippen molar-refractivity contribution in [2.45, 2.75) is 12.2 Å². The smallest absolute Gasteiger partial charge is 0.311 e. The molecule has 0 aliphatic rings. The molecule has 118 valence electrons. The zero-order valence-corrected chi connectivity index (χ0v) is 13.8. The van der Waals surface area contributed by atoms with Gasteiger partial charge in [0.05, 0.1) is 0 Å². The molecule has 0 aliphatic carbocycles. The fourth-order valence-electron chi connectivity index (χ4n) is 2.33. The molecule has 0 spiro atoms. The molecule has 1 unspecified atom stereocenters. The van der Waals surface area contributed by atoms with Crippen molar-refractivity contribution in [1.29, 1.82) is 0 Å². The molecule has 0 heterocycles. The van der Waals surface area contributed by atoms with Gasteiger partial charge in [0.2, 0.25) is 0 Å². The summed E-state index contributed by atoms with van der Waals surface area (Å²) in [6.45, 7) is 0.681. The van der Waals surface area contributed by atoms with Crippen molar-refractivity contribution in [3.63, 3.8) is 0 Å². The second-order valence-corrected chi connectivity index (χ2v) is 7.23.